The third-order valence-electron chi connectivity index (χ3n) is 6.67. The van der Waals surface area contributed by atoms with Gasteiger partial charge in [0, 0.05) is 45.0 Å². The predicted molar refractivity (Wildman–Crippen MR) is 122 cm³/mol. The number of aliphatic carboxylic acids is 1. The lowest BCUT2D eigenvalue weighted by Gasteiger charge is -2.32. The number of alkyl halides is 1. The fourth-order valence-corrected chi connectivity index (χ4v) is 6.15. The number of thioether (sulfide) groups is 1. The lowest BCUT2D eigenvalue weighted by atomic mass is 9.76. The van der Waals surface area contributed by atoms with E-state index in [0.717, 1.165) is 19.3 Å². The standard InChI is InChI=1S/C21H29ClN4O5S/c1-13(27)25-7-6-21(11-25)12-26(20(30)24-19-23-10-17(22)32-19)16-5-4-14(9-15(16)21)31-8-2-3-18(28)29/h9,14,16-17H,2-8,10-12H2,1H3,(H,28,29)(H,23,24,30). The second-order valence-electron chi connectivity index (χ2n) is 8.82. The molecule has 2 saturated heterocycles. The van der Waals surface area contributed by atoms with Crippen LogP contribution in [-0.2, 0) is 14.3 Å². The Morgan fingerprint density at radius 3 is 2.84 bits per heavy atom. The van der Waals surface area contributed by atoms with Crippen molar-refractivity contribution in [3.8, 4) is 0 Å². The number of urea groups is 1. The number of fused-ring (bicyclic) bond motifs is 2. The highest BCUT2D eigenvalue weighted by atomic mass is 35.5. The molecule has 0 aromatic carbocycles. The van der Waals surface area contributed by atoms with Crippen molar-refractivity contribution in [2.45, 2.75) is 55.9 Å². The molecule has 176 valence electrons. The Morgan fingerprint density at radius 1 is 1.38 bits per heavy atom. The molecule has 11 heteroatoms. The van der Waals surface area contributed by atoms with Crippen LogP contribution in [0.1, 0.15) is 39.0 Å². The van der Waals surface area contributed by atoms with Gasteiger partial charge in [-0.05, 0) is 31.3 Å². The van der Waals surface area contributed by atoms with E-state index in [1.54, 1.807) is 6.92 Å². The number of nitrogens with one attached hydrogen (secondary N) is 1. The number of amides is 3. The van der Waals surface area contributed by atoms with Gasteiger partial charge in [0.25, 0.3) is 0 Å². The molecule has 0 aromatic heterocycles. The van der Waals surface area contributed by atoms with Crippen molar-refractivity contribution in [1.29, 1.82) is 0 Å². The largest absolute Gasteiger partial charge is 0.481 e. The molecule has 0 saturated carbocycles. The smallest absolute Gasteiger partial charge is 0.323 e. The zero-order valence-corrected chi connectivity index (χ0v) is 19.7. The minimum Gasteiger partial charge on any atom is -0.481 e. The maximum Gasteiger partial charge on any atom is 0.323 e. The van der Waals surface area contributed by atoms with Crippen LogP contribution >= 0.6 is 23.4 Å². The normalized spacial score (nSPS) is 31.5. The van der Waals surface area contributed by atoms with Crippen LogP contribution in [0, 0.1) is 5.41 Å². The fraction of sp³-hybridized carbons (Fsp3) is 0.714. The summed E-state index contributed by atoms with van der Waals surface area (Å²) >= 11 is 7.43. The summed E-state index contributed by atoms with van der Waals surface area (Å²) in [6, 6.07) is -0.225. The molecule has 3 aliphatic heterocycles. The van der Waals surface area contributed by atoms with Crippen LogP contribution in [0.5, 0.6) is 0 Å². The number of hydrogen-bond acceptors (Lipinski definition) is 6. The van der Waals surface area contributed by atoms with Crippen molar-refractivity contribution < 1.29 is 24.2 Å². The van der Waals surface area contributed by atoms with E-state index in [0.29, 0.717) is 44.4 Å². The number of halogens is 1. The van der Waals surface area contributed by atoms with E-state index in [4.69, 9.17) is 21.4 Å². The topological polar surface area (TPSA) is 112 Å². The zero-order chi connectivity index (χ0) is 22.9. The lowest BCUT2D eigenvalue weighted by Crippen LogP contribution is -2.45. The molecular weight excluding hydrogens is 456 g/mol. The van der Waals surface area contributed by atoms with Gasteiger partial charge in [0.15, 0.2) is 5.17 Å². The van der Waals surface area contributed by atoms with Gasteiger partial charge in [0.2, 0.25) is 5.91 Å². The number of likely N-dealkylation sites (tertiary alicyclic amines) is 2. The molecule has 4 rings (SSSR count). The van der Waals surface area contributed by atoms with Crippen molar-refractivity contribution in [2.24, 2.45) is 10.4 Å². The molecule has 1 spiro atoms. The van der Waals surface area contributed by atoms with Crippen LogP contribution in [0.3, 0.4) is 0 Å². The number of ether oxygens (including phenoxy) is 1. The maximum absolute atomic E-state index is 13.2. The lowest BCUT2D eigenvalue weighted by molar-refractivity contribution is -0.137. The van der Waals surface area contributed by atoms with Crippen molar-refractivity contribution in [3.05, 3.63) is 11.6 Å². The van der Waals surface area contributed by atoms with E-state index in [1.165, 1.54) is 17.3 Å². The Hall–Kier alpha value is -1.78. The first-order valence-electron chi connectivity index (χ1n) is 11.0. The summed E-state index contributed by atoms with van der Waals surface area (Å²) in [6.45, 7) is 4.27. The molecule has 32 heavy (non-hydrogen) atoms. The molecule has 3 heterocycles. The van der Waals surface area contributed by atoms with E-state index in [1.807, 2.05) is 9.80 Å². The van der Waals surface area contributed by atoms with Gasteiger partial charge in [-0.15, -0.1) is 11.6 Å². The molecule has 4 atom stereocenters. The zero-order valence-electron chi connectivity index (χ0n) is 18.1. The molecule has 0 aromatic rings. The Bertz CT molecular complexity index is 852. The number of aliphatic imine (C=N–C) groups is 1. The molecule has 4 unspecified atom stereocenters. The molecule has 3 amide bonds. The minimum atomic E-state index is -0.826. The molecular formula is C21H29ClN4O5S. The average Bonchev–Trinajstić information content (AvgIpc) is 3.44. The highest BCUT2D eigenvalue weighted by molar-refractivity contribution is 8.15. The van der Waals surface area contributed by atoms with Gasteiger partial charge < -0.3 is 19.6 Å². The van der Waals surface area contributed by atoms with Crippen LogP contribution in [0.15, 0.2) is 16.6 Å². The summed E-state index contributed by atoms with van der Waals surface area (Å²) in [5, 5.41) is 12.3. The van der Waals surface area contributed by atoms with Gasteiger partial charge >= 0.3 is 12.0 Å². The van der Waals surface area contributed by atoms with Crippen molar-refractivity contribution in [1.82, 2.24) is 15.1 Å². The maximum atomic E-state index is 13.2. The number of nitrogens with zero attached hydrogens (tertiary/aromatic N) is 3. The summed E-state index contributed by atoms with van der Waals surface area (Å²) in [5.41, 5.74) is 0.901. The minimum absolute atomic E-state index is 0.0421. The van der Waals surface area contributed by atoms with E-state index in [9.17, 15) is 14.4 Å². The highest BCUT2D eigenvalue weighted by Gasteiger charge is 2.54. The number of carboxylic acid groups (broad SMARTS) is 1. The monoisotopic (exact) mass is 484 g/mol. The summed E-state index contributed by atoms with van der Waals surface area (Å²) in [5.74, 6) is -0.781. The van der Waals surface area contributed by atoms with Gasteiger partial charge in [-0.1, -0.05) is 17.8 Å². The third-order valence-corrected chi connectivity index (χ3v) is 7.93. The van der Waals surface area contributed by atoms with Crippen molar-refractivity contribution in [3.63, 3.8) is 0 Å². The fourth-order valence-electron chi connectivity index (χ4n) is 5.15. The SMILES string of the molecule is CC(=O)N1CCC2(C1)CN(C(=O)NC1=NCC(Cl)S1)C1CCC(OCCCC(=O)O)C=C12. The number of hydrogen-bond donors (Lipinski definition) is 2. The number of rotatable bonds is 5. The van der Waals surface area contributed by atoms with Crippen molar-refractivity contribution in [2.75, 3.05) is 32.8 Å². The Labute approximate surface area is 196 Å². The Balaban J connectivity index is 1.50. The predicted octanol–water partition coefficient (Wildman–Crippen LogP) is 2.26. The first kappa shape index (κ1) is 23.4. The number of carbonyl (C=O) groups excluding carboxylic acids is 2. The second kappa shape index (κ2) is 9.61. The van der Waals surface area contributed by atoms with Crippen molar-refractivity contribution >= 4 is 46.4 Å². The van der Waals surface area contributed by atoms with E-state index in [-0.39, 0.29) is 40.6 Å². The summed E-state index contributed by atoms with van der Waals surface area (Å²) in [6.07, 6.45) is 4.92. The van der Waals surface area contributed by atoms with Crippen LogP contribution in [0.2, 0.25) is 0 Å². The summed E-state index contributed by atoms with van der Waals surface area (Å²) in [4.78, 5) is 43.9. The van der Waals surface area contributed by atoms with Gasteiger partial charge in [-0.25, -0.2) is 4.79 Å². The highest BCUT2D eigenvalue weighted by Crippen LogP contribution is 2.50. The Morgan fingerprint density at radius 2 is 2.19 bits per heavy atom. The summed E-state index contributed by atoms with van der Waals surface area (Å²) < 4.78 is 5.80. The van der Waals surface area contributed by atoms with Gasteiger partial charge in [0.1, 0.15) is 4.71 Å². The molecule has 2 N–H and O–H groups in total. The molecule has 2 fully saturated rings. The second-order valence-corrected chi connectivity index (χ2v) is 10.8. The summed E-state index contributed by atoms with van der Waals surface area (Å²) in [7, 11) is 0. The van der Waals surface area contributed by atoms with Crippen LogP contribution in [0.25, 0.3) is 0 Å². The molecule has 0 bridgehead atoms. The van der Waals surface area contributed by atoms with Gasteiger partial charge in [-0.3, -0.25) is 19.9 Å². The molecule has 4 aliphatic rings. The molecule has 1 aliphatic carbocycles. The molecule has 0 radical (unpaired) electrons. The van der Waals surface area contributed by atoms with E-state index in [2.05, 4.69) is 16.4 Å². The van der Waals surface area contributed by atoms with Crippen LogP contribution < -0.4 is 5.32 Å². The third kappa shape index (κ3) is 4.92. The number of amidine groups is 1. The number of carboxylic acids is 1. The quantitative estimate of drug-likeness (QED) is 0.351. The first-order valence-corrected chi connectivity index (χ1v) is 12.3. The van der Waals surface area contributed by atoms with E-state index >= 15 is 0 Å². The van der Waals surface area contributed by atoms with Crippen LogP contribution in [-0.4, -0.2) is 87.6 Å². The van der Waals surface area contributed by atoms with Crippen LogP contribution in [0.4, 0.5) is 4.79 Å². The van der Waals surface area contributed by atoms with E-state index < -0.39 is 5.97 Å². The average molecular weight is 485 g/mol. The van der Waals surface area contributed by atoms with Gasteiger partial charge in [0.05, 0.1) is 18.7 Å². The molecule has 9 nitrogen and oxygen atoms in total. The number of carbonyl (C=O) groups is 3. The first-order chi connectivity index (χ1) is 15.3. The Kier molecular flexibility index (Phi) is 7.02. The van der Waals surface area contributed by atoms with Gasteiger partial charge in [-0.2, -0.15) is 0 Å².